The topological polar surface area (TPSA) is 20.2 Å². The summed E-state index contributed by atoms with van der Waals surface area (Å²) in [7, 11) is 0. The van der Waals surface area contributed by atoms with Gasteiger partial charge in [-0.3, -0.25) is 0 Å². The molecule has 0 aliphatic heterocycles. The van der Waals surface area contributed by atoms with E-state index in [0.717, 1.165) is 18.2 Å². The van der Waals surface area contributed by atoms with Gasteiger partial charge in [0.2, 0.25) is 5.60 Å². The highest BCUT2D eigenvalue weighted by Crippen LogP contribution is 2.33. The van der Waals surface area contributed by atoms with E-state index in [4.69, 9.17) is 0 Å². The minimum absolute atomic E-state index is 0.0591. The van der Waals surface area contributed by atoms with Gasteiger partial charge in [-0.25, -0.2) is 0 Å². The summed E-state index contributed by atoms with van der Waals surface area (Å²) in [6.07, 6.45) is -7.85. The number of allylic oxidation sites excluding steroid dienone is 1. The number of alkyl halides is 6. The van der Waals surface area contributed by atoms with Gasteiger partial charge in [0.25, 0.3) is 0 Å². The highest BCUT2D eigenvalue weighted by atomic mass is 19.4. The Morgan fingerprint density at radius 1 is 1.05 bits per heavy atom. The quantitative estimate of drug-likeness (QED) is 0.488. The van der Waals surface area contributed by atoms with Crippen LogP contribution in [-0.2, 0) is 6.18 Å². The van der Waals surface area contributed by atoms with Crippen LogP contribution in [0.25, 0.3) is 0 Å². The van der Waals surface area contributed by atoms with Gasteiger partial charge in [-0.1, -0.05) is 24.0 Å². The molecule has 1 N–H and O–H groups in total. The fraction of sp³-hybridized carbons (Fsp3) is 0.333. The smallest absolute Gasteiger partial charge is 0.369 e. The summed E-state index contributed by atoms with van der Waals surface area (Å²) in [4.78, 5) is 0. The van der Waals surface area contributed by atoms with Crippen molar-refractivity contribution in [2.45, 2.75) is 31.3 Å². The maximum absolute atomic E-state index is 12.8. The Bertz CT molecular complexity index is 586. The van der Waals surface area contributed by atoms with Crippen molar-refractivity contribution < 1.29 is 31.4 Å². The summed E-state index contributed by atoms with van der Waals surface area (Å²) < 4.78 is 75.5. The van der Waals surface area contributed by atoms with Crippen molar-refractivity contribution in [2.75, 3.05) is 0 Å². The molecule has 0 saturated carbocycles. The van der Waals surface area contributed by atoms with Gasteiger partial charge in [0, 0.05) is 12.0 Å². The van der Waals surface area contributed by atoms with E-state index >= 15 is 0 Å². The third-order valence-corrected chi connectivity index (χ3v) is 2.74. The van der Waals surface area contributed by atoms with E-state index in [2.05, 4.69) is 5.92 Å². The molecule has 0 saturated heterocycles. The van der Waals surface area contributed by atoms with Gasteiger partial charge in [-0.15, -0.1) is 0 Å². The van der Waals surface area contributed by atoms with Gasteiger partial charge >= 0.3 is 12.4 Å². The molecule has 120 valence electrons. The minimum Gasteiger partial charge on any atom is -0.369 e. The van der Waals surface area contributed by atoms with Crippen molar-refractivity contribution in [3.05, 3.63) is 47.5 Å². The molecular weight excluding hydrogens is 310 g/mol. The number of rotatable bonds is 2. The van der Waals surface area contributed by atoms with Crippen LogP contribution in [0.2, 0.25) is 0 Å². The zero-order valence-electron chi connectivity index (χ0n) is 11.4. The van der Waals surface area contributed by atoms with Crippen molar-refractivity contribution in [2.24, 2.45) is 0 Å². The van der Waals surface area contributed by atoms with Crippen LogP contribution < -0.4 is 0 Å². The van der Waals surface area contributed by atoms with Crippen LogP contribution in [0.15, 0.2) is 36.4 Å². The molecule has 0 unspecified atom stereocenters. The van der Waals surface area contributed by atoms with Crippen LogP contribution in [0.1, 0.15) is 24.5 Å². The molecule has 0 radical (unpaired) electrons. The summed E-state index contributed by atoms with van der Waals surface area (Å²) in [6.45, 7) is 1.49. The molecule has 0 fully saturated rings. The van der Waals surface area contributed by atoms with E-state index < -0.39 is 29.9 Å². The third-order valence-electron chi connectivity index (χ3n) is 2.74. The SMILES string of the molecule is C/C=C\C[C@@](O)(C#Cc1ccc(C(F)(F)F)cc1)C(F)(F)F. The Labute approximate surface area is 123 Å². The second-order valence-electron chi connectivity index (χ2n) is 4.46. The van der Waals surface area contributed by atoms with Crippen molar-refractivity contribution in [1.29, 1.82) is 0 Å². The molecule has 1 aromatic rings. The Morgan fingerprint density at radius 2 is 1.59 bits per heavy atom. The minimum atomic E-state index is -4.98. The first-order chi connectivity index (χ1) is 9.99. The van der Waals surface area contributed by atoms with E-state index in [9.17, 15) is 31.4 Å². The number of halogens is 6. The van der Waals surface area contributed by atoms with Crippen molar-refractivity contribution in [3.63, 3.8) is 0 Å². The lowest BCUT2D eigenvalue weighted by Crippen LogP contribution is -2.43. The zero-order valence-corrected chi connectivity index (χ0v) is 11.4. The second-order valence-corrected chi connectivity index (χ2v) is 4.46. The molecular formula is C15H12F6O. The number of aliphatic hydroxyl groups is 1. The van der Waals surface area contributed by atoms with E-state index in [1.54, 1.807) is 5.92 Å². The van der Waals surface area contributed by atoms with Gasteiger partial charge in [0.05, 0.1) is 5.56 Å². The Balaban J connectivity index is 3.08. The monoisotopic (exact) mass is 322 g/mol. The van der Waals surface area contributed by atoms with E-state index in [0.29, 0.717) is 12.1 Å². The molecule has 1 aromatic carbocycles. The first-order valence-electron chi connectivity index (χ1n) is 6.10. The van der Waals surface area contributed by atoms with Gasteiger partial charge in [-0.05, 0) is 31.2 Å². The van der Waals surface area contributed by atoms with Crippen molar-refractivity contribution in [1.82, 2.24) is 0 Å². The summed E-state index contributed by atoms with van der Waals surface area (Å²) in [5, 5.41) is 9.59. The van der Waals surface area contributed by atoms with Crippen LogP contribution in [-0.4, -0.2) is 16.9 Å². The lowest BCUT2D eigenvalue weighted by atomic mass is 9.98. The van der Waals surface area contributed by atoms with Gasteiger partial charge in [0.1, 0.15) is 0 Å². The van der Waals surface area contributed by atoms with Crippen LogP contribution in [0.4, 0.5) is 26.3 Å². The fourth-order valence-corrected chi connectivity index (χ4v) is 1.44. The molecule has 0 bridgehead atoms. The highest BCUT2D eigenvalue weighted by molar-refractivity contribution is 5.39. The van der Waals surface area contributed by atoms with E-state index in [-0.39, 0.29) is 5.56 Å². The van der Waals surface area contributed by atoms with Crippen LogP contribution in [0, 0.1) is 11.8 Å². The fourth-order valence-electron chi connectivity index (χ4n) is 1.44. The number of benzene rings is 1. The molecule has 22 heavy (non-hydrogen) atoms. The lowest BCUT2D eigenvalue weighted by molar-refractivity contribution is -0.234. The maximum atomic E-state index is 12.8. The second kappa shape index (κ2) is 6.44. The third kappa shape index (κ3) is 4.53. The molecule has 1 nitrogen and oxygen atoms in total. The normalized spacial score (nSPS) is 15.3. The molecule has 7 heteroatoms. The first kappa shape index (κ1) is 18.1. The summed E-state index contributed by atoms with van der Waals surface area (Å²) in [5.74, 6) is 3.75. The van der Waals surface area contributed by atoms with Crippen LogP contribution in [0.5, 0.6) is 0 Å². The first-order valence-corrected chi connectivity index (χ1v) is 6.10. The molecule has 1 atom stereocenters. The number of hydrogen-bond donors (Lipinski definition) is 1. The predicted octanol–water partition coefficient (Wildman–Crippen LogP) is 4.32. The lowest BCUT2D eigenvalue weighted by Gasteiger charge is -2.23. The van der Waals surface area contributed by atoms with Gasteiger partial charge in [0.15, 0.2) is 0 Å². The summed E-state index contributed by atoms with van der Waals surface area (Å²) in [6, 6.07) is 3.32. The molecule has 0 aliphatic carbocycles. The molecule has 0 aromatic heterocycles. The maximum Gasteiger partial charge on any atom is 0.429 e. The summed E-state index contributed by atoms with van der Waals surface area (Å²) >= 11 is 0. The molecule has 0 heterocycles. The molecule has 0 aliphatic rings. The molecule has 1 rings (SSSR count). The number of hydrogen-bond acceptors (Lipinski definition) is 1. The van der Waals surface area contributed by atoms with E-state index in [1.165, 1.54) is 13.0 Å². The van der Waals surface area contributed by atoms with Crippen molar-refractivity contribution in [3.8, 4) is 11.8 Å². The predicted molar refractivity (Wildman–Crippen MR) is 68.8 cm³/mol. The van der Waals surface area contributed by atoms with Crippen LogP contribution >= 0.6 is 0 Å². The average molecular weight is 322 g/mol. The molecule has 0 amide bonds. The zero-order chi connectivity index (χ0) is 17.0. The van der Waals surface area contributed by atoms with Crippen molar-refractivity contribution >= 4 is 0 Å². The van der Waals surface area contributed by atoms with E-state index in [1.807, 2.05) is 0 Å². The average Bonchev–Trinajstić information content (AvgIpc) is 2.41. The highest BCUT2D eigenvalue weighted by Gasteiger charge is 2.52. The Morgan fingerprint density at radius 3 is 2.00 bits per heavy atom. The van der Waals surface area contributed by atoms with Gasteiger partial charge < -0.3 is 5.11 Å². The Hall–Kier alpha value is -1.94. The standard InChI is InChI=1S/C15H12F6O/c1-2-3-9-13(22,15(19,20)21)10-8-11-4-6-12(7-5-11)14(16,17)18/h2-7,22H,9H2,1H3/b3-2-/t13-/m1/s1. The van der Waals surface area contributed by atoms with Crippen LogP contribution in [0.3, 0.4) is 0 Å². The Kier molecular flexibility index (Phi) is 5.30. The summed E-state index contributed by atoms with van der Waals surface area (Å²) in [5.41, 5.74) is -4.24. The van der Waals surface area contributed by atoms with Gasteiger partial charge in [-0.2, -0.15) is 26.3 Å². The molecule has 0 spiro atoms. The largest absolute Gasteiger partial charge is 0.429 e.